The molecule has 0 bridgehead atoms. The first-order valence-electron chi connectivity index (χ1n) is 18.5. The number of pyridine rings is 1. The zero-order valence-electron chi connectivity index (χ0n) is 31.4. The van der Waals surface area contributed by atoms with Crippen molar-refractivity contribution in [3.63, 3.8) is 0 Å². The SMILES string of the molecule is [2H]C([2H])([2H])c1ccc(-c2ccnc(-c3[c-]c(-c4cccc5c4nc(-c4cc6c(cc4O)CCCC6)n5-c4ccccc4)cc(C(C)(C)C)c3)c2)cc1.[Pt]. The van der Waals surface area contributed by atoms with Gasteiger partial charge in [-0.05, 0) is 96.6 Å². The Hall–Kier alpha value is -4.79. The molecule has 1 aliphatic carbocycles. The average Bonchev–Trinajstić information content (AvgIpc) is 3.54. The summed E-state index contributed by atoms with van der Waals surface area (Å²) in [5.41, 5.74) is 12.6. The van der Waals surface area contributed by atoms with Crippen LogP contribution in [0.25, 0.3) is 61.6 Å². The van der Waals surface area contributed by atoms with Crippen LogP contribution >= 0.6 is 0 Å². The number of aromatic hydroxyl groups is 1. The second-order valence-electron chi connectivity index (χ2n) is 14.1. The number of hydrogen-bond acceptors (Lipinski definition) is 3. The van der Waals surface area contributed by atoms with Gasteiger partial charge in [0.05, 0.1) is 16.6 Å². The smallest absolute Gasteiger partial charge is 0.148 e. The first-order chi connectivity index (χ1) is 24.9. The Kier molecular flexibility index (Phi) is 8.11. The molecule has 0 atom stereocenters. The fourth-order valence-corrected chi connectivity index (χ4v) is 6.99. The molecule has 0 amide bonds. The van der Waals surface area contributed by atoms with Gasteiger partial charge in [-0.2, -0.15) is 0 Å². The van der Waals surface area contributed by atoms with Crippen LogP contribution in [0.15, 0.2) is 115 Å². The molecule has 5 heteroatoms. The number of benzene rings is 5. The van der Waals surface area contributed by atoms with Crippen LogP contribution in [0.2, 0.25) is 0 Å². The van der Waals surface area contributed by atoms with Crippen molar-refractivity contribution in [2.75, 3.05) is 0 Å². The second kappa shape index (κ2) is 13.5. The summed E-state index contributed by atoms with van der Waals surface area (Å²) >= 11 is 0. The van der Waals surface area contributed by atoms with Gasteiger partial charge >= 0.3 is 0 Å². The van der Waals surface area contributed by atoms with Gasteiger partial charge < -0.3 is 5.11 Å². The third-order valence-corrected chi connectivity index (χ3v) is 9.68. The minimum Gasteiger partial charge on any atom is -0.507 e. The molecule has 50 heavy (non-hydrogen) atoms. The van der Waals surface area contributed by atoms with E-state index in [-0.39, 0.29) is 32.2 Å². The molecule has 0 spiro atoms. The van der Waals surface area contributed by atoms with Crippen molar-refractivity contribution in [3.8, 4) is 56.3 Å². The zero-order valence-corrected chi connectivity index (χ0v) is 30.7. The van der Waals surface area contributed by atoms with E-state index in [0.717, 1.165) is 87.0 Å². The number of fused-ring (bicyclic) bond motifs is 2. The number of para-hydroxylation sites is 2. The van der Waals surface area contributed by atoms with Gasteiger partial charge in [0.25, 0.3) is 0 Å². The molecule has 0 saturated carbocycles. The van der Waals surface area contributed by atoms with Crippen molar-refractivity contribution >= 4 is 11.0 Å². The van der Waals surface area contributed by atoms with E-state index < -0.39 is 6.85 Å². The predicted octanol–water partition coefficient (Wildman–Crippen LogP) is 11.1. The van der Waals surface area contributed by atoms with Gasteiger partial charge in [-0.15, -0.1) is 29.3 Å². The number of nitrogens with zero attached hydrogens (tertiary/aromatic N) is 3. The zero-order chi connectivity index (χ0) is 36.2. The molecule has 4 nitrogen and oxygen atoms in total. The molecule has 0 unspecified atom stereocenters. The molecule has 8 rings (SSSR count). The molecular weight excluding hydrogens is 794 g/mol. The summed E-state index contributed by atoms with van der Waals surface area (Å²) < 4.78 is 25.4. The van der Waals surface area contributed by atoms with E-state index in [4.69, 9.17) is 14.1 Å². The minimum atomic E-state index is -2.15. The van der Waals surface area contributed by atoms with Crippen LogP contribution in [0.4, 0.5) is 0 Å². The van der Waals surface area contributed by atoms with Crippen molar-refractivity contribution < 1.29 is 30.3 Å². The van der Waals surface area contributed by atoms with E-state index in [0.29, 0.717) is 11.4 Å². The second-order valence-corrected chi connectivity index (χ2v) is 14.1. The first kappa shape index (κ1) is 30.1. The van der Waals surface area contributed by atoms with Crippen molar-refractivity contribution in [1.29, 1.82) is 0 Å². The number of phenols is 1. The molecule has 1 N–H and O–H groups in total. The van der Waals surface area contributed by atoms with E-state index in [1.54, 1.807) is 18.3 Å². The summed E-state index contributed by atoms with van der Waals surface area (Å²) in [5.74, 6) is 0.947. The number of imidazole rings is 1. The number of hydrogen-bond donors (Lipinski definition) is 1. The molecule has 252 valence electrons. The van der Waals surface area contributed by atoms with E-state index in [1.807, 2.05) is 48.5 Å². The maximum atomic E-state index is 11.5. The molecule has 2 aromatic heterocycles. The number of rotatable bonds is 5. The van der Waals surface area contributed by atoms with Gasteiger partial charge in [-0.25, -0.2) is 4.98 Å². The molecule has 0 radical (unpaired) electrons. The van der Waals surface area contributed by atoms with Crippen molar-refractivity contribution in [2.45, 2.75) is 58.7 Å². The van der Waals surface area contributed by atoms with Crippen molar-refractivity contribution in [2.24, 2.45) is 0 Å². The molecule has 2 heterocycles. The van der Waals surface area contributed by atoms with Gasteiger partial charge in [0, 0.05) is 42.8 Å². The maximum absolute atomic E-state index is 11.5. The first-order valence-corrected chi connectivity index (χ1v) is 17.0. The Morgan fingerprint density at radius 3 is 2.24 bits per heavy atom. The van der Waals surface area contributed by atoms with Crippen LogP contribution in [0.1, 0.15) is 60.0 Å². The van der Waals surface area contributed by atoms with Crippen molar-refractivity contribution in [3.05, 3.63) is 144 Å². The topological polar surface area (TPSA) is 50.9 Å². The Morgan fingerprint density at radius 2 is 1.50 bits per heavy atom. The van der Waals surface area contributed by atoms with Gasteiger partial charge in [0.2, 0.25) is 0 Å². The monoisotopic (exact) mass is 836 g/mol. The Morgan fingerprint density at radius 1 is 0.760 bits per heavy atom. The molecule has 5 aromatic carbocycles. The summed E-state index contributed by atoms with van der Waals surface area (Å²) in [7, 11) is 0. The minimum absolute atomic E-state index is 0. The van der Waals surface area contributed by atoms with Crippen LogP contribution in [0.5, 0.6) is 5.75 Å². The van der Waals surface area contributed by atoms with Gasteiger partial charge in [0.1, 0.15) is 11.6 Å². The molecule has 0 fully saturated rings. The molecule has 7 aromatic rings. The van der Waals surface area contributed by atoms with Crippen LogP contribution in [-0.4, -0.2) is 19.6 Å². The quantitative estimate of drug-likeness (QED) is 0.176. The Balaban J connectivity index is 0.00000435. The summed E-state index contributed by atoms with van der Waals surface area (Å²) in [6.45, 7) is 4.46. The fourth-order valence-electron chi connectivity index (χ4n) is 6.99. The Labute approximate surface area is 313 Å². The maximum Gasteiger partial charge on any atom is 0.148 e. The standard InChI is InChI=1S/C45H40N3O.Pt/c1-29-17-19-30(20-18-29)33-21-22-46-40(27-33)35-23-34(24-36(25-35)45(2,3)4)38-15-10-16-41-43(38)47-44(48(41)37-13-6-5-7-14-37)39-26-31-11-8-9-12-32(31)28-42(39)49;/h5-7,10,13-22,24-28,49H,8-9,11-12H2,1-4H3;/q-1;/i1D3;. The van der Waals surface area contributed by atoms with Gasteiger partial charge in [-0.3, -0.25) is 9.55 Å². The van der Waals surface area contributed by atoms with E-state index in [2.05, 4.69) is 79.9 Å². The number of aryl methyl sites for hydroxylation is 3. The summed E-state index contributed by atoms with van der Waals surface area (Å²) in [5, 5.41) is 11.5. The predicted molar refractivity (Wildman–Crippen MR) is 201 cm³/mol. The molecule has 0 aliphatic heterocycles. The molecular formula is C45H40N3OPt-. The normalized spacial score (nSPS) is 13.9. The molecule has 0 saturated heterocycles. The van der Waals surface area contributed by atoms with E-state index in [1.165, 1.54) is 11.1 Å². The summed E-state index contributed by atoms with van der Waals surface area (Å²) in [4.78, 5) is 10.1. The fraction of sp³-hybridized carbons (Fsp3) is 0.200. The number of aromatic nitrogens is 3. The summed E-state index contributed by atoms with van der Waals surface area (Å²) in [6.07, 6.45) is 6.06. The van der Waals surface area contributed by atoms with Crippen LogP contribution < -0.4 is 0 Å². The van der Waals surface area contributed by atoms with E-state index in [9.17, 15) is 5.11 Å². The largest absolute Gasteiger partial charge is 0.507 e. The third kappa shape index (κ3) is 6.34. The third-order valence-electron chi connectivity index (χ3n) is 9.68. The Bertz CT molecular complexity index is 2450. The summed E-state index contributed by atoms with van der Waals surface area (Å²) in [6, 6.07) is 39.6. The van der Waals surface area contributed by atoms with Crippen LogP contribution in [-0.2, 0) is 39.3 Å². The van der Waals surface area contributed by atoms with Crippen LogP contribution in [0, 0.1) is 12.9 Å². The van der Waals surface area contributed by atoms with Gasteiger partial charge in [0.15, 0.2) is 0 Å². The van der Waals surface area contributed by atoms with Gasteiger partial charge in [-0.1, -0.05) is 98.1 Å². The van der Waals surface area contributed by atoms with Crippen molar-refractivity contribution in [1.82, 2.24) is 14.5 Å². The number of phenolic OH excluding ortho intramolecular Hbond substituents is 1. The van der Waals surface area contributed by atoms with E-state index >= 15 is 0 Å². The molecule has 1 aliphatic rings. The van der Waals surface area contributed by atoms with Crippen LogP contribution in [0.3, 0.4) is 0 Å². The average molecular weight is 837 g/mol.